The third-order valence-corrected chi connectivity index (χ3v) is 10.1. The Hall–Kier alpha value is -4.54. The molecule has 1 atom stereocenters. The quantitative estimate of drug-likeness (QED) is 0.0544. The molecule has 0 aliphatic rings. The summed E-state index contributed by atoms with van der Waals surface area (Å²) in [5.41, 5.74) is -5.75. The van der Waals surface area contributed by atoms with Crippen LogP contribution in [-0.4, -0.2) is 42.2 Å². The fourth-order valence-corrected chi connectivity index (χ4v) is 8.28. The van der Waals surface area contributed by atoms with Gasteiger partial charge in [0, 0.05) is 5.56 Å². The first-order valence-corrected chi connectivity index (χ1v) is 18.3. The predicted octanol–water partition coefficient (Wildman–Crippen LogP) is 8.82. The number of hydrogen-bond acceptors (Lipinski definition) is 8. The minimum absolute atomic E-state index is 0.0245. The zero-order chi connectivity index (χ0) is 39.7. The number of carbonyl (C=O) groups is 2. The monoisotopic (exact) mass is 784 g/mol. The van der Waals surface area contributed by atoms with Crippen molar-refractivity contribution in [2.45, 2.75) is 90.8 Å². The summed E-state index contributed by atoms with van der Waals surface area (Å²) in [5, 5.41) is 0. The van der Waals surface area contributed by atoms with Gasteiger partial charge in [-0.05, 0) is 102 Å². The standard InChI is InChI=1S/C37H34F6O8S2/c1-34(2,3)50-32(44)30(33(45)51-35(4,5)6)49-27-15-11-10-14-25(27)22-16-18-24(19-17-22)52(23-12-8-7-9-13-23)28-21-20-26(36(38,39)40)31(53(46,47)48)29(28)37(41,42)43/h7-21,30H,1-6H3. The Morgan fingerprint density at radius 3 is 1.62 bits per heavy atom. The maximum atomic E-state index is 14.7. The molecule has 0 aliphatic heterocycles. The van der Waals surface area contributed by atoms with Crippen LogP contribution in [0.2, 0.25) is 0 Å². The third-order valence-electron chi connectivity index (χ3n) is 6.93. The number of benzene rings is 4. The van der Waals surface area contributed by atoms with E-state index in [1.54, 1.807) is 65.8 Å². The Morgan fingerprint density at radius 1 is 0.660 bits per heavy atom. The summed E-state index contributed by atoms with van der Waals surface area (Å²) in [5.74, 6) is -2.03. The summed E-state index contributed by atoms with van der Waals surface area (Å²) in [6.07, 6.45) is -13.2. The number of carbonyl (C=O) groups excluding carboxylic acids is 2. The van der Waals surface area contributed by atoms with Crippen molar-refractivity contribution in [3.63, 3.8) is 0 Å². The molecule has 0 radical (unpaired) electrons. The lowest BCUT2D eigenvalue weighted by atomic mass is 10.0. The zero-order valence-electron chi connectivity index (χ0n) is 29.1. The van der Waals surface area contributed by atoms with Crippen molar-refractivity contribution >= 4 is 33.0 Å². The van der Waals surface area contributed by atoms with E-state index in [0.717, 1.165) is 0 Å². The van der Waals surface area contributed by atoms with E-state index in [4.69, 9.17) is 14.2 Å². The van der Waals surface area contributed by atoms with Gasteiger partial charge in [0.15, 0.2) is 14.7 Å². The average molecular weight is 785 g/mol. The van der Waals surface area contributed by atoms with Gasteiger partial charge in [-0.25, -0.2) is 18.0 Å². The molecule has 0 saturated carbocycles. The molecule has 4 aromatic rings. The SMILES string of the molecule is CC(C)(C)OC(=O)C(Oc1ccccc1-c1ccc([S+](c2ccccc2)c2ccc(C(F)(F)F)c(S(=O)(=O)[O-])c2C(F)(F)F)cc1)C(=O)OC(C)(C)C. The van der Waals surface area contributed by atoms with Crippen molar-refractivity contribution in [1.29, 1.82) is 0 Å². The summed E-state index contributed by atoms with van der Waals surface area (Å²) in [6.45, 7) is 9.58. The Labute approximate surface area is 305 Å². The maximum absolute atomic E-state index is 14.7. The van der Waals surface area contributed by atoms with Crippen LogP contribution in [0.15, 0.2) is 111 Å². The van der Waals surface area contributed by atoms with E-state index in [1.807, 2.05) is 0 Å². The third kappa shape index (κ3) is 10.3. The molecular formula is C37H34F6O8S2. The highest BCUT2D eigenvalue weighted by atomic mass is 32.2. The highest BCUT2D eigenvalue weighted by molar-refractivity contribution is 7.97. The van der Waals surface area contributed by atoms with Gasteiger partial charge in [-0.15, -0.1) is 0 Å². The van der Waals surface area contributed by atoms with E-state index in [0.29, 0.717) is 17.2 Å². The highest BCUT2D eigenvalue weighted by Gasteiger charge is 2.49. The molecule has 0 amide bonds. The number of alkyl halides is 6. The Bertz CT molecular complexity index is 2040. The van der Waals surface area contributed by atoms with Gasteiger partial charge in [-0.2, -0.15) is 26.3 Å². The van der Waals surface area contributed by atoms with Gasteiger partial charge in [0.05, 0.1) is 21.4 Å². The lowest BCUT2D eigenvalue weighted by Crippen LogP contribution is -2.44. The van der Waals surface area contributed by atoms with Crippen molar-refractivity contribution in [2.24, 2.45) is 0 Å². The molecule has 0 spiro atoms. The maximum Gasteiger partial charge on any atom is 0.422 e. The molecule has 1 unspecified atom stereocenters. The fraction of sp³-hybridized carbons (Fsp3) is 0.297. The van der Waals surface area contributed by atoms with Gasteiger partial charge in [0.25, 0.3) is 6.10 Å². The minimum Gasteiger partial charge on any atom is -0.744 e. The number of rotatable bonds is 9. The van der Waals surface area contributed by atoms with Crippen LogP contribution >= 0.6 is 0 Å². The van der Waals surface area contributed by atoms with Crippen LogP contribution in [-0.2, 0) is 52.4 Å². The Morgan fingerprint density at radius 2 is 1.15 bits per heavy atom. The second-order valence-corrected chi connectivity index (χ2v) is 16.8. The normalized spacial score (nSPS) is 13.4. The Kier molecular flexibility index (Phi) is 11.7. The molecule has 0 fully saturated rings. The molecule has 0 bridgehead atoms. The lowest BCUT2D eigenvalue weighted by Gasteiger charge is -2.27. The van der Waals surface area contributed by atoms with Crippen molar-refractivity contribution in [2.75, 3.05) is 0 Å². The zero-order valence-corrected chi connectivity index (χ0v) is 30.7. The minimum atomic E-state index is -6.31. The molecule has 4 rings (SSSR count). The van der Waals surface area contributed by atoms with Gasteiger partial charge in [-0.1, -0.05) is 36.4 Å². The molecule has 16 heteroatoms. The predicted molar refractivity (Wildman–Crippen MR) is 181 cm³/mol. The first kappa shape index (κ1) is 41.2. The lowest BCUT2D eigenvalue weighted by molar-refractivity contribution is -0.179. The molecule has 0 aromatic heterocycles. The van der Waals surface area contributed by atoms with E-state index in [-0.39, 0.29) is 21.6 Å². The molecule has 53 heavy (non-hydrogen) atoms. The van der Waals surface area contributed by atoms with E-state index >= 15 is 0 Å². The van der Waals surface area contributed by atoms with Crippen molar-refractivity contribution in [3.8, 4) is 16.9 Å². The molecule has 284 valence electrons. The van der Waals surface area contributed by atoms with E-state index in [2.05, 4.69) is 0 Å². The van der Waals surface area contributed by atoms with Crippen molar-refractivity contribution in [3.05, 3.63) is 102 Å². The molecule has 0 aliphatic carbocycles. The second kappa shape index (κ2) is 15.1. The van der Waals surface area contributed by atoms with Crippen LogP contribution < -0.4 is 4.74 Å². The summed E-state index contributed by atoms with van der Waals surface area (Å²) in [7, 11) is -8.21. The Balaban J connectivity index is 1.88. The summed E-state index contributed by atoms with van der Waals surface area (Å²) >= 11 is 0. The van der Waals surface area contributed by atoms with Crippen LogP contribution in [0.3, 0.4) is 0 Å². The van der Waals surface area contributed by atoms with E-state index < -0.39 is 83.5 Å². The van der Waals surface area contributed by atoms with Crippen LogP contribution in [0.5, 0.6) is 5.75 Å². The fourth-order valence-electron chi connectivity index (χ4n) is 5.04. The van der Waals surface area contributed by atoms with Crippen LogP contribution in [0.1, 0.15) is 52.7 Å². The van der Waals surface area contributed by atoms with Crippen molar-refractivity contribution < 1.29 is 63.1 Å². The number of para-hydroxylation sites is 1. The summed E-state index contributed by atoms with van der Waals surface area (Å²) in [4.78, 5) is 23.3. The summed E-state index contributed by atoms with van der Waals surface area (Å²) < 4.78 is 139. The molecular weight excluding hydrogens is 751 g/mol. The molecule has 0 heterocycles. The number of halogens is 6. The van der Waals surface area contributed by atoms with E-state index in [9.17, 15) is 48.9 Å². The number of esters is 2. The average Bonchev–Trinajstić information content (AvgIpc) is 3.01. The smallest absolute Gasteiger partial charge is 0.422 e. The largest absolute Gasteiger partial charge is 0.744 e. The molecule has 0 saturated heterocycles. The van der Waals surface area contributed by atoms with Crippen molar-refractivity contribution in [1.82, 2.24) is 0 Å². The summed E-state index contributed by atoms with van der Waals surface area (Å²) in [6, 6.07) is 19.9. The molecule has 8 nitrogen and oxygen atoms in total. The topological polar surface area (TPSA) is 119 Å². The molecule has 4 aromatic carbocycles. The van der Waals surface area contributed by atoms with Crippen LogP contribution in [0, 0.1) is 0 Å². The second-order valence-electron chi connectivity index (χ2n) is 13.5. The van der Waals surface area contributed by atoms with Gasteiger partial charge in [0.1, 0.15) is 32.6 Å². The highest BCUT2D eigenvalue weighted by Crippen LogP contribution is 2.47. The van der Waals surface area contributed by atoms with Crippen LogP contribution in [0.4, 0.5) is 26.3 Å². The van der Waals surface area contributed by atoms with Gasteiger partial charge in [-0.3, -0.25) is 0 Å². The number of hydrogen-bond donors (Lipinski definition) is 0. The van der Waals surface area contributed by atoms with E-state index in [1.165, 1.54) is 54.6 Å². The first-order valence-electron chi connectivity index (χ1n) is 15.7. The van der Waals surface area contributed by atoms with Gasteiger partial charge >= 0.3 is 24.3 Å². The van der Waals surface area contributed by atoms with Gasteiger partial charge in [0.2, 0.25) is 0 Å². The first-order chi connectivity index (χ1) is 24.3. The number of ether oxygens (including phenoxy) is 3. The van der Waals surface area contributed by atoms with Gasteiger partial charge < -0.3 is 18.8 Å². The molecule has 0 N–H and O–H groups in total. The van der Waals surface area contributed by atoms with Crippen LogP contribution in [0.25, 0.3) is 11.1 Å².